The molecule has 0 aliphatic carbocycles. The average molecular weight is 501 g/mol. The molecule has 5 heteroatoms. The number of nitrogens with one attached hydrogen (secondary N) is 1. The van der Waals surface area contributed by atoms with Crippen molar-refractivity contribution < 1.29 is 14.3 Å². The minimum absolute atomic E-state index is 0.129. The van der Waals surface area contributed by atoms with E-state index < -0.39 is 6.04 Å². The second-order valence-corrected chi connectivity index (χ2v) is 10.5. The number of rotatable bonds is 11. The molecule has 3 aromatic rings. The van der Waals surface area contributed by atoms with Gasteiger partial charge in [-0.05, 0) is 47.1 Å². The van der Waals surface area contributed by atoms with Crippen LogP contribution in [0.4, 0.5) is 0 Å². The number of hydrogen-bond acceptors (Lipinski definition) is 3. The highest BCUT2D eigenvalue weighted by Gasteiger charge is 2.31. The number of carbonyl (C=O) groups is 2. The van der Waals surface area contributed by atoms with Crippen LogP contribution in [0, 0.1) is 6.92 Å². The lowest BCUT2D eigenvalue weighted by molar-refractivity contribution is -0.142. The number of benzene rings is 3. The Kier molecular flexibility index (Phi) is 9.90. The molecule has 0 unspecified atom stereocenters. The SMILES string of the molecule is CCCNC(=O)[C@H](Cc1ccccc1)N(Cc1ccccc1C)C(=O)COc1ccccc1C(C)(C)C. The highest BCUT2D eigenvalue weighted by atomic mass is 16.5. The lowest BCUT2D eigenvalue weighted by Gasteiger charge is -2.32. The first-order valence-corrected chi connectivity index (χ1v) is 13.1. The van der Waals surface area contributed by atoms with Gasteiger partial charge in [0.1, 0.15) is 11.8 Å². The second kappa shape index (κ2) is 13.1. The quantitative estimate of drug-likeness (QED) is 0.360. The summed E-state index contributed by atoms with van der Waals surface area (Å²) in [5.74, 6) is 0.316. The number of para-hydroxylation sites is 1. The normalized spacial score (nSPS) is 12.0. The maximum absolute atomic E-state index is 13.8. The lowest BCUT2D eigenvalue weighted by Crippen LogP contribution is -2.52. The summed E-state index contributed by atoms with van der Waals surface area (Å²) >= 11 is 0. The number of aryl methyl sites for hydroxylation is 1. The summed E-state index contributed by atoms with van der Waals surface area (Å²) in [4.78, 5) is 28.9. The summed E-state index contributed by atoms with van der Waals surface area (Å²) in [6.45, 7) is 11.1. The monoisotopic (exact) mass is 500 g/mol. The van der Waals surface area contributed by atoms with Crippen molar-refractivity contribution >= 4 is 11.8 Å². The van der Waals surface area contributed by atoms with Gasteiger partial charge in [0.25, 0.3) is 5.91 Å². The van der Waals surface area contributed by atoms with E-state index in [1.165, 1.54) is 0 Å². The molecule has 5 nitrogen and oxygen atoms in total. The molecule has 0 radical (unpaired) electrons. The Morgan fingerprint density at radius 3 is 2.24 bits per heavy atom. The number of ether oxygens (including phenoxy) is 1. The molecule has 0 saturated carbocycles. The van der Waals surface area contributed by atoms with Crippen LogP contribution in [0.25, 0.3) is 0 Å². The summed E-state index contributed by atoms with van der Waals surface area (Å²) in [5.41, 5.74) is 3.99. The Morgan fingerprint density at radius 1 is 0.919 bits per heavy atom. The Balaban J connectivity index is 1.94. The molecule has 196 valence electrons. The highest BCUT2D eigenvalue weighted by molar-refractivity contribution is 5.88. The van der Waals surface area contributed by atoms with Crippen LogP contribution in [0.15, 0.2) is 78.9 Å². The fraction of sp³-hybridized carbons (Fsp3) is 0.375. The highest BCUT2D eigenvalue weighted by Crippen LogP contribution is 2.31. The van der Waals surface area contributed by atoms with E-state index >= 15 is 0 Å². The third kappa shape index (κ3) is 7.94. The fourth-order valence-corrected chi connectivity index (χ4v) is 4.33. The van der Waals surface area contributed by atoms with E-state index in [-0.39, 0.29) is 23.8 Å². The molecule has 0 fully saturated rings. The number of amides is 2. The Bertz CT molecular complexity index is 1170. The average Bonchev–Trinajstić information content (AvgIpc) is 2.89. The predicted octanol–water partition coefficient (Wildman–Crippen LogP) is 5.84. The molecule has 2 amide bonds. The van der Waals surface area contributed by atoms with Gasteiger partial charge in [-0.1, -0.05) is 100 Å². The van der Waals surface area contributed by atoms with Crippen LogP contribution in [0.5, 0.6) is 5.75 Å². The molecular weight excluding hydrogens is 460 g/mol. The summed E-state index contributed by atoms with van der Waals surface area (Å²) < 4.78 is 6.11. The topological polar surface area (TPSA) is 58.6 Å². The van der Waals surface area contributed by atoms with Crippen molar-refractivity contribution in [3.63, 3.8) is 0 Å². The number of carbonyl (C=O) groups excluding carboxylic acids is 2. The van der Waals surface area contributed by atoms with Crippen LogP contribution in [-0.4, -0.2) is 35.9 Å². The van der Waals surface area contributed by atoms with Crippen LogP contribution in [0.3, 0.4) is 0 Å². The van der Waals surface area contributed by atoms with E-state index in [9.17, 15) is 9.59 Å². The third-order valence-corrected chi connectivity index (χ3v) is 6.47. The summed E-state index contributed by atoms with van der Waals surface area (Å²) in [6, 6.07) is 25.0. The van der Waals surface area contributed by atoms with Crippen molar-refractivity contribution in [2.75, 3.05) is 13.2 Å². The molecule has 0 aromatic heterocycles. The molecule has 3 aromatic carbocycles. The Morgan fingerprint density at radius 2 is 1.57 bits per heavy atom. The lowest BCUT2D eigenvalue weighted by atomic mass is 9.86. The zero-order valence-corrected chi connectivity index (χ0v) is 22.8. The van der Waals surface area contributed by atoms with Crippen LogP contribution in [0.1, 0.15) is 56.4 Å². The van der Waals surface area contributed by atoms with Crippen LogP contribution in [0.2, 0.25) is 0 Å². The predicted molar refractivity (Wildman–Crippen MR) is 150 cm³/mol. The zero-order chi connectivity index (χ0) is 26.8. The van der Waals surface area contributed by atoms with E-state index in [1.54, 1.807) is 4.90 Å². The van der Waals surface area contributed by atoms with Crippen molar-refractivity contribution in [2.24, 2.45) is 0 Å². The number of hydrogen-bond donors (Lipinski definition) is 1. The molecule has 1 atom stereocenters. The van der Waals surface area contributed by atoms with Gasteiger partial charge in [0.2, 0.25) is 5.91 Å². The molecule has 0 spiro atoms. The molecule has 0 bridgehead atoms. The van der Waals surface area contributed by atoms with Crippen LogP contribution >= 0.6 is 0 Å². The van der Waals surface area contributed by atoms with Gasteiger partial charge in [-0.15, -0.1) is 0 Å². The molecule has 1 N–H and O–H groups in total. The fourth-order valence-electron chi connectivity index (χ4n) is 4.33. The standard InChI is InChI=1S/C32H40N2O3/c1-6-20-33-31(36)28(21-25-15-8-7-9-16-25)34(22-26-17-11-10-14-24(26)2)30(35)23-37-29-19-13-12-18-27(29)32(3,4)5/h7-19,28H,6,20-23H2,1-5H3,(H,33,36)/t28-/m0/s1. The summed E-state index contributed by atoms with van der Waals surface area (Å²) in [7, 11) is 0. The third-order valence-electron chi connectivity index (χ3n) is 6.47. The van der Waals surface area contributed by atoms with Gasteiger partial charge in [-0.3, -0.25) is 9.59 Å². The second-order valence-electron chi connectivity index (χ2n) is 10.5. The minimum atomic E-state index is -0.664. The van der Waals surface area contributed by atoms with Gasteiger partial charge in [0.05, 0.1) is 0 Å². The smallest absolute Gasteiger partial charge is 0.261 e. The summed E-state index contributed by atoms with van der Waals surface area (Å²) in [5, 5.41) is 3.02. The van der Waals surface area contributed by atoms with E-state index in [1.807, 2.05) is 92.7 Å². The van der Waals surface area contributed by atoms with Crippen molar-refractivity contribution in [2.45, 2.75) is 65.5 Å². The Hall–Kier alpha value is -3.60. The van der Waals surface area contributed by atoms with E-state index in [2.05, 4.69) is 26.1 Å². The van der Waals surface area contributed by atoms with E-state index in [0.29, 0.717) is 25.3 Å². The van der Waals surface area contributed by atoms with Crippen molar-refractivity contribution in [3.05, 3.63) is 101 Å². The van der Waals surface area contributed by atoms with Crippen molar-refractivity contribution in [3.8, 4) is 5.75 Å². The maximum atomic E-state index is 13.8. The first kappa shape index (κ1) is 28.0. The van der Waals surface area contributed by atoms with Gasteiger partial charge < -0.3 is 15.0 Å². The first-order chi connectivity index (χ1) is 17.7. The molecule has 0 aliphatic rings. The van der Waals surface area contributed by atoms with Gasteiger partial charge in [-0.25, -0.2) is 0 Å². The molecule has 0 heterocycles. The van der Waals surface area contributed by atoms with Crippen molar-refractivity contribution in [1.82, 2.24) is 10.2 Å². The largest absolute Gasteiger partial charge is 0.483 e. The van der Waals surface area contributed by atoms with Gasteiger partial charge in [0, 0.05) is 19.5 Å². The maximum Gasteiger partial charge on any atom is 0.261 e. The minimum Gasteiger partial charge on any atom is -0.483 e. The molecule has 0 aliphatic heterocycles. The van der Waals surface area contributed by atoms with Gasteiger partial charge in [-0.2, -0.15) is 0 Å². The molecule has 37 heavy (non-hydrogen) atoms. The Labute approximate surface area is 221 Å². The number of nitrogens with zero attached hydrogens (tertiary/aromatic N) is 1. The van der Waals surface area contributed by atoms with Crippen molar-refractivity contribution in [1.29, 1.82) is 0 Å². The van der Waals surface area contributed by atoms with Gasteiger partial charge in [0.15, 0.2) is 6.61 Å². The molecule has 0 saturated heterocycles. The zero-order valence-electron chi connectivity index (χ0n) is 22.8. The van der Waals surface area contributed by atoms with Crippen LogP contribution < -0.4 is 10.1 Å². The molecule has 3 rings (SSSR count). The molecular formula is C32H40N2O3. The van der Waals surface area contributed by atoms with E-state index in [4.69, 9.17) is 4.74 Å². The van der Waals surface area contributed by atoms with Crippen LogP contribution in [-0.2, 0) is 28.0 Å². The summed E-state index contributed by atoms with van der Waals surface area (Å²) in [6.07, 6.45) is 1.24. The van der Waals surface area contributed by atoms with E-state index in [0.717, 1.165) is 28.7 Å². The van der Waals surface area contributed by atoms with Gasteiger partial charge >= 0.3 is 0 Å². The first-order valence-electron chi connectivity index (χ1n) is 13.1.